The molecule has 2 N–H and O–H groups in total. The number of hydrogen-bond donors (Lipinski definition) is 2. The fourth-order valence-corrected chi connectivity index (χ4v) is 3.21. The Kier molecular flexibility index (Phi) is 5.05. The zero-order valence-electron chi connectivity index (χ0n) is 12.8. The highest BCUT2D eigenvalue weighted by Gasteiger charge is 2.25. The monoisotopic (exact) mass is 274 g/mol. The van der Waals surface area contributed by atoms with Gasteiger partial charge in [-0.25, -0.2) is 0 Å². The Morgan fingerprint density at radius 2 is 2.05 bits per heavy atom. The molecule has 3 heteroatoms. The van der Waals surface area contributed by atoms with Crippen LogP contribution in [0.5, 0.6) is 0 Å². The van der Waals surface area contributed by atoms with Crippen LogP contribution in [0.25, 0.3) is 0 Å². The molecule has 20 heavy (non-hydrogen) atoms. The number of nitrogens with one attached hydrogen (secondary N) is 2. The van der Waals surface area contributed by atoms with E-state index < -0.39 is 0 Å². The Hall–Kier alpha value is -1.51. The van der Waals surface area contributed by atoms with Gasteiger partial charge in [-0.05, 0) is 49.4 Å². The van der Waals surface area contributed by atoms with E-state index in [-0.39, 0.29) is 5.91 Å². The molecule has 0 heterocycles. The van der Waals surface area contributed by atoms with Gasteiger partial charge in [0.25, 0.3) is 5.91 Å². The molecule has 1 saturated carbocycles. The molecule has 110 valence electrons. The largest absolute Gasteiger partial charge is 0.388 e. The second kappa shape index (κ2) is 6.78. The number of rotatable bonds is 4. The second-order valence-electron chi connectivity index (χ2n) is 5.81. The molecule has 1 aliphatic carbocycles. The number of hydrogen-bond acceptors (Lipinski definition) is 2. The van der Waals surface area contributed by atoms with E-state index in [1.54, 1.807) is 0 Å². The fourth-order valence-electron chi connectivity index (χ4n) is 3.21. The molecule has 2 unspecified atom stereocenters. The summed E-state index contributed by atoms with van der Waals surface area (Å²) in [5.74, 6) is 0.722. The number of carbonyl (C=O) groups is 1. The third-order valence-corrected chi connectivity index (χ3v) is 4.51. The van der Waals surface area contributed by atoms with Crippen molar-refractivity contribution >= 4 is 11.6 Å². The fraction of sp³-hybridized carbons (Fsp3) is 0.588. The standard InChI is InChI=1S/C17H26N2O/c1-4-13-7-5-6-8-16(13)19-17(20)15-10-9-14(18-3)11-12(15)2/h9-11,13,16,18H,4-8H2,1-3H3,(H,19,20). The van der Waals surface area contributed by atoms with Crippen LogP contribution in [-0.4, -0.2) is 19.0 Å². The quantitative estimate of drug-likeness (QED) is 0.878. The summed E-state index contributed by atoms with van der Waals surface area (Å²) < 4.78 is 0. The molecule has 0 aromatic heterocycles. The average Bonchev–Trinajstić information content (AvgIpc) is 2.47. The Morgan fingerprint density at radius 3 is 2.70 bits per heavy atom. The molecular weight excluding hydrogens is 248 g/mol. The van der Waals surface area contributed by atoms with Crippen molar-refractivity contribution in [1.29, 1.82) is 0 Å². The highest BCUT2D eigenvalue weighted by atomic mass is 16.1. The van der Waals surface area contributed by atoms with Gasteiger partial charge in [0.05, 0.1) is 0 Å². The predicted molar refractivity (Wildman–Crippen MR) is 84.2 cm³/mol. The van der Waals surface area contributed by atoms with Crippen molar-refractivity contribution in [3.05, 3.63) is 29.3 Å². The Bertz CT molecular complexity index is 470. The molecule has 0 bridgehead atoms. The molecule has 0 spiro atoms. The molecular formula is C17H26N2O. The molecule has 2 rings (SSSR count). The summed E-state index contributed by atoms with van der Waals surface area (Å²) in [4.78, 5) is 12.5. The van der Waals surface area contributed by atoms with Crippen molar-refractivity contribution in [1.82, 2.24) is 5.32 Å². The minimum Gasteiger partial charge on any atom is -0.388 e. The number of anilines is 1. The summed E-state index contributed by atoms with van der Waals surface area (Å²) in [5.41, 5.74) is 2.87. The van der Waals surface area contributed by atoms with E-state index >= 15 is 0 Å². The first kappa shape index (κ1) is 14.9. The number of benzene rings is 1. The van der Waals surface area contributed by atoms with Gasteiger partial charge in [0.1, 0.15) is 0 Å². The van der Waals surface area contributed by atoms with Crippen LogP contribution in [-0.2, 0) is 0 Å². The van der Waals surface area contributed by atoms with Gasteiger partial charge >= 0.3 is 0 Å². The summed E-state index contributed by atoms with van der Waals surface area (Å²) in [6.45, 7) is 4.22. The van der Waals surface area contributed by atoms with Crippen LogP contribution in [0.4, 0.5) is 5.69 Å². The third-order valence-electron chi connectivity index (χ3n) is 4.51. The van der Waals surface area contributed by atoms with E-state index in [0.29, 0.717) is 12.0 Å². The van der Waals surface area contributed by atoms with E-state index in [1.807, 2.05) is 32.2 Å². The molecule has 2 atom stereocenters. The van der Waals surface area contributed by atoms with Gasteiger partial charge in [-0.15, -0.1) is 0 Å². The van der Waals surface area contributed by atoms with Crippen LogP contribution in [0, 0.1) is 12.8 Å². The first-order chi connectivity index (χ1) is 9.65. The van der Waals surface area contributed by atoms with Crippen molar-refractivity contribution < 1.29 is 4.79 Å². The maximum atomic E-state index is 12.5. The van der Waals surface area contributed by atoms with Crippen molar-refractivity contribution in [3.8, 4) is 0 Å². The molecule has 1 amide bonds. The zero-order chi connectivity index (χ0) is 14.5. The van der Waals surface area contributed by atoms with Crippen LogP contribution >= 0.6 is 0 Å². The van der Waals surface area contributed by atoms with Gasteiger partial charge in [0.2, 0.25) is 0 Å². The average molecular weight is 274 g/mol. The number of amides is 1. The van der Waals surface area contributed by atoms with E-state index in [9.17, 15) is 4.79 Å². The van der Waals surface area contributed by atoms with Crippen LogP contribution < -0.4 is 10.6 Å². The minimum atomic E-state index is 0.0792. The first-order valence-corrected chi connectivity index (χ1v) is 7.75. The highest BCUT2D eigenvalue weighted by Crippen LogP contribution is 2.27. The topological polar surface area (TPSA) is 41.1 Å². The van der Waals surface area contributed by atoms with Crippen LogP contribution in [0.15, 0.2) is 18.2 Å². The zero-order valence-corrected chi connectivity index (χ0v) is 12.8. The van der Waals surface area contributed by atoms with Crippen molar-refractivity contribution in [2.45, 2.75) is 52.0 Å². The minimum absolute atomic E-state index is 0.0792. The van der Waals surface area contributed by atoms with Crippen LogP contribution in [0.2, 0.25) is 0 Å². The summed E-state index contributed by atoms with van der Waals surface area (Å²) in [6, 6.07) is 6.25. The second-order valence-corrected chi connectivity index (χ2v) is 5.81. The number of carbonyl (C=O) groups excluding carboxylic acids is 1. The molecule has 0 aliphatic heterocycles. The summed E-state index contributed by atoms with van der Waals surface area (Å²) in [5, 5.41) is 6.35. The summed E-state index contributed by atoms with van der Waals surface area (Å²) in [7, 11) is 1.89. The van der Waals surface area contributed by atoms with Crippen molar-refractivity contribution in [3.63, 3.8) is 0 Å². The molecule has 1 aromatic carbocycles. The van der Waals surface area contributed by atoms with Gasteiger partial charge in [-0.1, -0.05) is 26.2 Å². The molecule has 0 radical (unpaired) electrons. The first-order valence-electron chi connectivity index (χ1n) is 7.75. The van der Waals surface area contributed by atoms with E-state index in [4.69, 9.17) is 0 Å². The van der Waals surface area contributed by atoms with Crippen LogP contribution in [0.1, 0.15) is 54.9 Å². The molecule has 3 nitrogen and oxygen atoms in total. The van der Waals surface area contributed by atoms with Gasteiger partial charge in [-0.3, -0.25) is 4.79 Å². The number of aryl methyl sites for hydroxylation is 1. The lowest BCUT2D eigenvalue weighted by Crippen LogP contribution is -2.42. The molecule has 0 saturated heterocycles. The maximum Gasteiger partial charge on any atom is 0.251 e. The van der Waals surface area contributed by atoms with E-state index in [1.165, 1.54) is 19.3 Å². The van der Waals surface area contributed by atoms with Gasteiger partial charge in [-0.2, -0.15) is 0 Å². The normalized spacial score (nSPS) is 22.4. The molecule has 1 aliphatic rings. The molecule has 1 fully saturated rings. The van der Waals surface area contributed by atoms with Gasteiger partial charge in [0, 0.05) is 24.3 Å². The van der Waals surface area contributed by atoms with E-state index in [0.717, 1.165) is 29.7 Å². The van der Waals surface area contributed by atoms with Crippen molar-refractivity contribution in [2.24, 2.45) is 5.92 Å². The van der Waals surface area contributed by atoms with Gasteiger partial charge < -0.3 is 10.6 Å². The Labute approximate surface area is 122 Å². The highest BCUT2D eigenvalue weighted by molar-refractivity contribution is 5.96. The summed E-state index contributed by atoms with van der Waals surface area (Å²) in [6.07, 6.45) is 6.07. The SMILES string of the molecule is CCC1CCCCC1NC(=O)c1ccc(NC)cc1C. The van der Waals surface area contributed by atoms with Crippen LogP contribution in [0.3, 0.4) is 0 Å². The Morgan fingerprint density at radius 1 is 1.30 bits per heavy atom. The van der Waals surface area contributed by atoms with Crippen molar-refractivity contribution in [2.75, 3.05) is 12.4 Å². The lowest BCUT2D eigenvalue weighted by Gasteiger charge is -2.31. The molecule has 1 aromatic rings. The lowest BCUT2D eigenvalue weighted by molar-refractivity contribution is 0.0904. The smallest absolute Gasteiger partial charge is 0.251 e. The maximum absolute atomic E-state index is 12.5. The van der Waals surface area contributed by atoms with Gasteiger partial charge in [0.15, 0.2) is 0 Å². The third kappa shape index (κ3) is 3.33. The Balaban J connectivity index is 2.07. The van der Waals surface area contributed by atoms with E-state index in [2.05, 4.69) is 17.6 Å². The lowest BCUT2D eigenvalue weighted by atomic mass is 9.82. The predicted octanol–water partition coefficient (Wildman–Crippen LogP) is 3.74. The summed E-state index contributed by atoms with van der Waals surface area (Å²) >= 11 is 0.